The molecule has 0 aliphatic heterocycles. The van der Waals surface area contributed by atoms with Gasteiger partial charge in [0, 0.05) is 12.0 Å². The highest BCUT2D eigenvalue weighted by molar-refractivity contribution is 6.34. The topological polar surface area (TPSA) is 17.1 Å². The van der Waals surface area contributed by atoms with Gasteiger partial charge in [-0.15, -0.1) is 0 Å². The van der Waals surface area contributed by atoms with E-state index in [0.29, 0.717) is 5.92 Å². The van der Waals surface area contributed by atoms with Crippen molar-refractivity contribution in [2.75, 3.05) is 0 Å². The van der Waals surface area contributed by atoms with Crippen LogP contribution in [-0.2, 0) is 12.6 Å². The Morgan fingerprint density at radius 1 is 0.967 bits per heavy atom. The minimum absolute atomic E-state index is 0.0108. The minimum atomic E-state index is -4.48. The zero-order valence-corrected chi connectivity index (χ0v) is 18.2. The predicted molar refractivity (Wildman–Crippen MR) is 115 cm³/mol. The Bertz CT molecular complexity index is 896. The lowest BCUT2D eigenvalue weighted by atomic mass is 9.77. The highest BCUT2D eigenvalue weighted by Crippen LogP contribution is 2.36. The van der Waals surface area contributed by atoms with Crippen molar-refractivity contribution in [2.45, 2.75) is 65.0 Å². The number of carbonyl (C=O) groups excluding carboxylic acids is 1. The molecular formula is C25H28ClF3O. The van der Waals surface area contributed by atoms with E-state index in [1.54, 1.807) is 0 Å². The van der Waals surface area contributed by atoms with Gasteiger partial charge in [-0.05, 0) is 86.3 Å². The first-order chi connectivity index (χ1) is 14.1. The molecule has 0 unspecified atom stereocenters. The zero-order chi connectivity index (χ0) is 21.9. The first-order valence-electron chi connectivity index (χ1n) is 10.6. The van der Waals surface area contributed by atoms with Crippen molar-refractivity contribution in [3.05, 3.63) is 69.2 Å². The summed E-state index contributed by atoms with van der Waals surface area (Å²) >= 11 is 6.01. The molecule has 1 fully saturated rings. The third-order valence-corrected chi connectivity index (χ3v) is 6.78. The van der Waals surface area contributed by atoms with Gasteiger partial charge in [-0.25, -0.2) is 0 Å². The zero-order valence-electron chi connectivity index (χ0n) is 17.5. The molecule has 0 spiro atoms. The summed E-state index contributed by atoms with van der Waals surface area (Å²) < 4.78 is 38.8. The maximum Gasteiger partial charge on any atom is 0.416 e. The number of ketones is 1. The molecule has 0 radical (unpaired) electrons. The van der Waals surface area contributed by atoms with Crippen molar-refractivity contribution in [3.8, 4) is 0 Å². The second-order valence-electron chi connectivity index (χ2n) is 8.66. The Balaban J connectivity index is 1.51. The Morgan fingerprint density at radius 2 is 1.63 bits per heavy atom. The van der Waals surface area contributed by atoms with Crippen LogP contribution < -0.4 is 0 Å². The van der Waals surface area contributed by atoms with Gasteiger partial charge in [0.05, 0.1) is 10.6 Å². The molecule has 0 atom stereocenters. The molecule has 0 bridgehead atoms. The number of carbonyl (C=O) groups is 1. The number of rotatable bonds is 6. The number of hydrogen-bond acceptors (Lipinski definition) is 1. The van der Waals surface area contributed by atoms with E-state index >= 15 is 0 Å². The summed E-state index contributed by atoms with van der Waals surface area (Å²) in [4.78, 5) is 12.6. The van der Waals surface area contributed by atoms with Crippen LogP contribution in [0.1, 0.15) is 71.1 Å². The molecule has 1 saturated carbocycles. The Hall–Kier alpha value is -1.81. The van der Waals surface area contributed by atoms with Gasteiger partial charge in [-0.2, -0.15) is 13.2 Å². The van der Waals surface area contributed by atoms with Crippen LogP contribution in [0.4, 0.5) is 13.2 Å². The fourth-order valence-corrected chi connectivity index (χ4v) is 4.56. The van der Waals surface area contributed by atoms with E-state index in [1.165, 1.54) is 22.8 Å². The first kappa shape index (κ1) is 22.9. The highest BCUT2D eigenvalue weighted by Gasteiger charge is 2.32. The molecular weight excluding hydrogens is 409 g/mol. The summed E-state index contributed by atoms with van der Waals surface area (Å²) in [5.74, 6) is 0.584. The van der Waals surface area contributed by atoms with Crippen LogP contribution in [0.2, 0.25) is 5.02 Å². The van der Waals surface area contributed by atoms with Gasteiger partial charge < -0.3 is 0 Å². The van der Waals surface area contributed by atoms with Crippen molar-refractivity contribution >= 4 is 17.4 Å². The minimum Gasteiger partial charge on any atom is -0.294 e. The van der Waals surface area contributed by atoms with Crippen LogP contribution in [0.5, 0.6) is 0 Å². The van der Waals surface area contributed by atoms with Gasteiger partial charge in [0.25, 0.3) is 0 Å². The summed E-state index contributed by atoms with van der Waals surface area (Å²) in [6, 6.07) is 9.61. The van der Waals surface area contributed by atoms with Crippen LogP contribution in [0.15, 0.2) is 36.4 Å². The fraction of sp³-hybridized carbons (Fsp3) is 0.480. The molecule has 0 N–H and O–H groups in total. The van der Waals surface area contributed by atoms with E-state index in [0.717, 1.165) is 50.7 Å². The second kappa shape index (κ2) is 9.55. The van der Waals surface area contributed by atoms with Gasteiger partial charge in [0.15, 0.2) is 5.78 Å². The van der Waals surface area contributed by atoms with Gasteiger partial charge in [0.2, 0.25) is 0 Å². The average Bonchev–Trinajstić information content (AvgIpc) is 2.69. The van der Waals surface area contributed by atoms with Gasteiger partial charge in [0.1, 0.15) is 0 Å². The summed E-state index contributed by atoms with van der Waals surface area (Å²) in [7, 11) is 0. The summed E-state index contributed by atoms with van der Waals surface area (Å²) in [6.45, 7) is 4.26. The molecule has 0 amide bonds. The van der Waals surface area contributed by atoms with E-state index in [-0.39, 0.29) is 28.7 Å². The summed E-state index contributed by atoms with van der Waals surface area (Å²) in [6.07, 6.45) is 2.02. The number of Topliss-reactive ketones (excluding diaryl/α,β-unsaturated/α-hetero) is 1. The molecule has 1 aliphatic carbocycles. The van der Waals surface area contributed by atoms with Crippen LogP contribution in [0.3, 0.4) is 0 Å². The lowest BCUT2D eigenvalue weighted by molar-refractivity contribution is -0.137. The number of hydrogen-bond donors (Lipinski definition) is 0. The highest BCUT2D eigenvalue weighted by atomic mass is 35.5. The SMILES string of the molecule is Cc1ccc(CCC2CCC(CC(=O)c3cc(C(F)(F)F)ccc3Cl)CC2)cc1C. The third-order valence-electron chi connectivity index (χ3n) is 6.45. The van der Waals surface area contributed by atoms with Crippen LogP contribution in [0, 0.1) is 25.7 Å². The van der Waals surface area contributed by atoms with Crippen molar-refractivity contribution in [2.24, 2.45) is 11.8 Å². The van der Waals surface area contributed by atoms with E-state index < -0.39 is 11.7 Å². The summed E-state index contributed by atoms with van der Waals surface area (Å²) in [5, 5.41) is 0.0927. The molecule has 5 heteroatoms. The molecule has 2 aromatic rings. The normalized spacial score (nSPS) is 19.7. The Kier molecular flexibility index (Phi) is 7.28. The third kappa shape index (κ3) is 5.87. The van der Waals surface area contributed by atoms with Crippen molar-refractivity contribution in [1.29, 1.82) is 0 Å². The fourth-order valence-electron chi connectivity index (χ4n) is 4.34. The van der Waals surface area contributed by atoms with Crippen LogP contribution in [0.25, 0.3) is 0 Å². The monoisotopic (exact) mass is 436 g/mol. The van der Waals surface area contributed by atoms with Crippen molar-refractivity contribution in [3.63, 3.8) is 0 Å². The first-order valence-corrected chi connectivity index (χ1v) is 11.0. The molecule has 1 nitrogen and oxygen atoms in total. The van der Waals surface area contributed by atoms with E-state index in [2.05, 4.69) is 32.0 Å². The van der Waals surface area contributed by atoms with Crippen molar-refractivity contribution < 1.29 is 18.0 Å². The molecule has 0 aromatic heterocycles. The number of alkyl halides is 3. The molecule has 0 heterocycles. The largest absolute Gasteiger partial charge is 0.416 e. The Morgan fingerprint density at radius 3 is 2.27 bits per heavy atom. The van der Waals surface area contributed by atoms with E-state index in [9.17, 15) is 18.0 Å². The van der Waals surface area contributed by atoms with Gasteiger partial charge in [-0.3, -0.25) is 4.79 Å². The van der Waals surface area contributed by atoms with Crippen LogP contribution in [-0.4, -0.2) is 5.78 Å². The van der Waals surface area contributed by atoms with Crippen LogP contribution >= 0.6 is 11.6 Å². The molecule has 162 valence electrons. The Labute approximate surface area is 181 Å². The van der Waals surface area contributed by atoms with Gasteiger partial charge >= 0.3 is 6.18 Å². The number of benzene rings is 2. The molecule has 0 saturated heterocycles. The van der Waals surface area contributed by atoms with E-state index in [4.69, 9.17) is 11.6 Å². The number of halogens is 4. The maximum absolute atomic E-state index is 12.9. The summed E-state index contributed by atoms with van der Waals surface area (Å²) in [5.41, 5.74) is 3.16. The molecule has 3 rings (SSSR count). The van der Waals surface area contributed by atoms with Gasteiger partial charge in [-0.1, -0.05) is 42.6 Å². The standard InChI is InChI=1S/C25H28ClF3O/c1-16-3-4-19(13-17(16)2)8-5-18-6-9-20(10-7-18)14-24(30)22-15-21(25(27,28)29)11-12-23(22)26/h3-4,11-13,15,18,20H,5-10,14H2,1-2H3. The predicted octanol–water partition coefficient (Wildman–Crippen LogP) is 7.99. The molecule has 1 aliphatic rings. The molecule has 30 heavy (non-hydrogen) atoms. The molecule has 2 aromatic carbocycles. The average molecular weight is 437 g/mol. The smallest absolute Gasteiger partial charge is 0.294 e. The quantitative estimate of drug-likeness (QED) is 0.419. The lowest BCUT2D eigenvalue weighted by Gasteiger charge is -2.28. The number of aryl methyl sites for hydroxylation is 3. The lowest BCUT2D eigenvalue weighted by Crippen LogP contribution is -2.18. The second-order valence-corrected chi connectivity index (χ2v) is 9.07. The van der Waals surface area contributed by atoms with E-state index in [1.807, 2.05) is 0 Å². The maximum atomic E-state index is 12.9. The van der Waals surface area contributed by atoms with Crippen molar-refractivity contribution in [1.82, 2.24) is 0 Å².